The van der Waals surface area contributed by atoms with E-state index in [1.165, 1.54) is 16.2 Å². The summed E-state index contributed by atoms with van der Waals surface area (Å²) >= 11 is 4.92. The Balaban J connectivity index is 1.43. The van der Waals surface area contributed by atoms with Crippen LogP contribution in [0.25, 0.3) is 0 Å². The van der Waals surface area contributed by atoms with Crippen molar-refractivity contribution in [1.82, 2.24) is 15.1 Å². The fourth-order valence-corrected chi connectivity index (χ4v) is 5.27. The van der Waals surface area contributed by atoms with Crippen molar-refractivity contribution in [3.05, 3.63) is 22.4 Å². The molecule has 0 radical (unpaired) electrons. The Hall–Kier alpha value is -0.960. The molecule has 124 valence electrons. The van der Waals surface area contributed by atoms with Gasteiger partial charge in [0, 0.05) is 4.88 Å². The average Bonchev–Trinajstić information content (AvgIpc) is 3.20. The number of thioether (sulfide) groups is 1. The Bertz CT molecular complexity index is 620. The molecular formula is C15H20N4OS3. The number of aromatic nitrogens is 2. The first-order valence-electron chi connectivity index (χ1n) is 7.76. The summed E-state index contributed by atoms with van der Waals surface area (Å²) in [5, 5.41) is 13.7. The molecule has 1 fully saturated rings. The molecule has 0 atom stereocenters. The first-order valence-corrected chi connectivity index (χ1v) is 10.4. The Kier molecular flexibility index (Phi) is 6.04. The molecule has 1 amide bonds. The summed E-state index contributed by atoms with van der Waals surface area (Å²) in [7, 11) is 0. The van der Waals surface area contributed by atoms with Gasteiger partial charge in [0.05, 0.1) is 6.54 Å². The number of hydrogen-bond acceptors (Lipinski definition) is 7. The van der Waals surface area contributed by atoms with E-state index in [1.54, 1.807) is 11.8 Å². The molecule has 2 aromatic rings. The van der Waals surface area contributed by atoms with Crippen molar-refractivity contribution in [2.24, 2.45) is 0 Å². The second-order valence-corrected chi connectivity index (χ2v) is 8.89. The van der Waals surface area contributed by atoms with E-state index in [2.05, 4.69) is 44.9 Å². The SMILES string of the molecule is CCSc1nnc(NC(=O)CN2CCC(c3cccs3)CC2)s1. The second-order valence-electron chi connectivity index (χ2n) is 5.42. The van der Waals surface area contributed by atoms with Crippen LogP contribution in [0.4, 0.5) is 5.13 Å². The van der Waals surface area contributed by atoms with Crippen molar-refractivity contribution in [2.75, 3.05) is 30.7 Å². The van der Waals surface area contributed by atoms with Crippen LogP contribution in [0.5, 0.6) is 0 Å². The van der Waals surface area contributed by atoms with Gasteiger partial charge in [0.1, 0.15) is 0 Å². The van der Waals surface area contributed by atoms with Crippen LogP contribution in [0.3, 0.4) is 0 Å². The number of nitrogens with zero attached hydrogens (tertiary/aromatic N) is 3. The van der Waals surface area contributed by atoms with Gasteiger partial charge in [-0.15, -0.1) is 21.5 Å². The molecule has 0 spiro atoms. The summed E-state index contributed by atoms with van der Waals surface area (Å²) in [5.74, 6) is 1.62. The van der Waals surface area contributed by atoms with Gasteiger partial charge < -0.3 is 0 Å². The predicted molar refractivity (Wildman–Crippen MR) is 97.7 cm³/mol. The van der Waals surface area contributed by atoms with Gasteiger partial charge in [-0.2, -0.15) is 0 Å². The Morgan fingerprint density at radius 3 is 2.96 bits per heavy atom. The molecule has 3 rings (SSSR count). The lowest BCUT2D eigenvalue weighted by molar-refractivity contribution is -0.117. The largest absolute Gasteiger partial charge is 0.299 e. The number of likely N-dealkylation sites (tertiary alicyclic amines) is 1. The number of anilines is 1. The van der Waals surface area contributed by atoms with Gasteiger partial charge in [0.25, 0.3) is 0 Å². The topological polar surface area (TPSA) is 58.1 Å². The maximum Gasteiger partial charge on any atom is 0.240 e. The van der Waals surface area contributed by atoms with E-state index in [4.69, 9.17) is 0 Å². The van der Waals surface area contributed by atoms with Gasteiger partial charge >= 0.3 is 0 Å². The highest BCUT2D eigenvalue weighted by molar-refractivity contribution is 8.01. The van der Waals surface area contributed by atoms with Gasteiger partial charge in [-0.05, 0) is 49.0 Å². The third kappa shape index (κ3) is 4.76. The third-order valence-electron chi connectivity index (χ3n) is 3.82. The molecule has 1 saturated heterocycles. The van der Waals surface area contributed by atoms with E-state index in [0.29, 0.717) is 17.6 Å². The van der Waals surface area contributed by atoms with E-state index in [1.807, 2.05) is 11.3 Å². The normalized spacial score (nSPS) is 16.6. The standard InChI is InChI=1S/C15H20N4OS3/c1-2-21-15-18-17-14(23-15)16-13(20)10-19-7-5-11(6-8-19)12-4-3-9-22-12/h3-4,9,11H,2,5-8,10H2,1H3,(H,16,17,20). The molecule has 2 aromatic heterocycles. The van der Waals surface area contributed by atoms with Crippen molar-refractivity contribution in [3.8, 4) is 0 Å². The predicted octanol–water partition coefficient (Wildman–Crippen LogP) is 3.53. The summed E-state index contributed by atoms with van der Waals surface area (Å²) in [6, 6.07) is 4.34. The van der Waals surface area contributed by atoms with E-state index in [0.717, 1.165) is 36.0 Å². The molecule has 1 aliphatic rings. The quantitative estimate of drug-likeness (QED) is 0.624. The van der Waals surface area contributed by atoms with Gasteiger partial charge in [0.15, 0.2) is 4.34 Å². The molecule has 0 bridgehead atoms. The minimum atomic E-state index is 0.00349. The lowest BCUT2D eigenvalue weighted by atomic mass is 9.95. The van der Waals surface area contributed by atoms with E-state index in [-0.39, 0.29) is 5.91 Å². The lowest BCUT2D eigenvalue weighted by Crippen LogP contribution is -2.38. The summed E-state index contributed by atoms with van der Waals surface area (Å²) in [4.78, 5) is 15.8. The lowest BCUT2D eigenvalue weighted by Gasteiger charge is -2.30. The maximum atomic E-state index is 12.1. The summed E-state index contributed by atoms with van der Waals surface area (Å²) in [6.45, 7) is 4.46. The van der Waals surface area contributed by atoms with Crippen molar-refractivity contribution < 1.29 is 4.79 Å². The van der Waals surface area contributed by atoms with Crippen LogP contribution in [0.2, 0.25) is 0 Å². The zero-order chi connectivity index (χ0) is 16.1. The van der Waals surface area contributed by atoms with Crippen molar-refractivity contribution in [3.63, 3.8) is 0 Å². The Labute approximate surface area is 148 Å². The Morgan fingerprint density at radius 2 is 2.26 bits per heavy atom. The number of hydrogen-bond donors (Lipinski definition) is 1. The fourth-order valence-electron chi connectivity index (χ4n) is 2.70. The van der Waals surface area contributed by atoms with Crippen LogP contribution in [-0.2, 0) is 4.79 Å². The number of amides is 1. The third-order valence-corrected chi connectivity index (χ3v) is 6.71. The number of carbonyl (C=O) groups is 1. The monoisotopic (exact) mass is 368 g/mol. The molecule has 1 N–H and O–H groups in total. The number of carbonyl (C=O) groups excluding carboxylic acids is 1. The molecular weight excluding hydrogens is 348 g/mol. The van der Waals surface area contributed by atoms with Gasteiger partial charge in [-0.3, -0.25) is 15.0 Å². The van der Waals surface area contributed by atoms with Crippen LogP contribution >= 0.6 is 34.4 Å². The van der Waals surface area contributed by atoms with Crippen LogP contribution in [0.15, 0.2) is 21.9 Å². The average molecular weight is 369 g/mol. The summed E-state index contributed by atoms with van der Waals surface area (Å²) < 4.78 is 0.902. The van der Waals surface area contributed by atoms with Crippen molar-refractivity contribution in [1.29, 1.82) is 0 Å². The van der Waals surface area contributed by atoms with Gasteiger partial charge in [0.2, 0.25) is 11.0 Å². The molecule has 23 heavy (non-hydrogen) atoms. The van der Waals surface area contributed by atoms with Crippen LogP contribution in [-0.4, -0.2) is 46.4 Å². The van der Waals surface area contributed by atoms with Crippen LogP contribution in [0, 0.1) is 0 Å². The van der Waals surface area contributed by atoms with Gasteiger partial charge in [-0.1, -0.05) is 36.1 Å². The zero-order valence-electron chi connectivity index (χ0n) is 13.0. The van der Waals surface area contributed by atoms with Gasteiger partial charge in [-0.25, -0.2) is 0 Å². The molecule has 3 heterocycles. The van der Waals surface area contributed by atoms with Crippen molar-refractivity contribution in [2.45, 2.75) is 30.0 Å². The van der Waals surface area contributed by atoms with E-state index < -0.39 is 0 Å². The molecule has 8 heteroatoms. The molecule has 0 unspecified atom stereocenters. The highest BCUT2D eigenvalue weighted by atomic mass is 32.2. The first-order chi connectivity index (χ1) is 11.2. The Morgan fingerprint density at radius 1 is 1.43 bits per heavy atom. The summed E-state index contributed by atoms with van der Waals surface area (Å²) in [5.41, 5.74) is 0. The number of piperidine rings is 1. The first kappa shape index (κ1) is 16.9. The molecule has 0 saturated carbocycles. The minimum Gasteiger partial charge on any atom is -0.299 e. The molecule has 1 aliphatic heterocycles. The highest BCUT2D eigenvalue weighted by Gasteiger charge is 2.22. The second kappa shape index (κ2) is 8.23. The summed E-state index contributed by atoms with van der Waals surface area (Å²) in [6.07, 6.45) is 2.26. The van der Waals surface area contributed by atoms with Crippen molar-refractivity contribution >= 4 is 45.5 Å². The minimum absolute atomic E-state index is 0.00349. The smallest absolute Gasteiger partial charge is 0.240 e. The molecule has 0 aromatic carbocycles. The number of thiophene rings is 1. The zero-order valence-corrected chi connectivity index (χ0v) is 15.5. The van der Waals surface area contributed by atoms with E-state index in [9.17, 15) is 4.79 Å². The molecule has 0 aliphatic carbocycles. The van der Waals surface area contributed by atoms with Crippen LogP contribution < -0.4 is 5.32 Å². The van der Waals surface area contributed by atoms with E-state index >= 15 is 0 Å². The molecule has 5 nitrogen and oxygen atoms in total. The number of nitrogens with one attached hydrogen (secondary N) is 1. The van der Waals surface area contributed by atoms with Crippen LogP contribution in [0.1, 0.15) is 30.6 Å². The fraction of sp³-hybridized carbons (Fsp3) is 0.533. The number of rotatable bonds is 6. The highest BCUT2D eigenvalue weighted by Crippen LogP contribution is 2.31. The maximum absolute atomic E-state index is 12.1.